The summed E-state index contributed by atoms with van der Waals surface area (Å²) in [5.74, 6) is 0.988. The van der Waals surface area contributed by atoms with Crippen molar-refractivity contribution in [1.29, 1.82) is 0 Å². The number of carbonyl (C=O) groups excluding carboxylic acids is 1. The molecule has 0 spiro atoms. The largest absolute Gasteiger partial charge is 0.360 e. The molecule has 0 radical (unpaired) electrons. The van der Waals surface area contributed by atoms with E-state index in [1.807, 2.05) is 23.6 Å². The molecule has 5 nitrogen and oxygen atoms in total. The van der Waals surface area contributed by atoms with E-state index >= 15 is 0 Å². The topological polar surface area (TPSA) is 58.1 Å². The molecule has 1 aliphatic heterocycles. The molecule has 0 saturated carbocycles. The minimum absolute atomic E-state index is 0.00466. The first-order valence-corrected chi connectivity index (χ1v) is 7.82. The first-order valence-electron chi connectivity index (χ1n) is 6.02. The van der Waals surface area contributed by atoms with Crippen LogP contribution in [0.1, 0.15) is 30.6 Å². The molecule has 0 unspecified atom stereocenters. The van der Waals surface area contributed by atoms with Crippen LogP contribution in [-0.2, 0) is 0 Å². The number of nitrogens with one attached hydrogen (secondary N) is 1. The Hall–Kier alpha value is -0.820. The summed E-state index contributed by atoms with van der Waals surface area (Å²) in [5, 5.41) is 12.2. The Kier molecular flexibility index (Phi) is 4.11. The summed E-state index contributed by atoms with van der Waals surface area (Å²) in [7, 11) is 0. The lowest BCUT2D eigenvalue weighted by atomic mass is 10.2. The van der Waals surface area contributed by atoms with Gasteiger partial charge in [0, 0.05) is 30.1 Å². The van der Waals surface area contributed by atoms with Crippen molar-refractivity contribution >= 4 is 34.1 Å². The van der Waals surface area contributed by atoms with Crippen LogP contribution < -0.4 is 5.32 Å². The Labute approximate surface area is 115 Å². The zero-order valence-corrected chi connectivity index (χ0v) is 12.5. The van der Waals surface area contributed by atoms with Gasteiger partial charge >= 0.3 is 0 Å². The molecule has 1 saturated heterocycles. The van der Waals surface area contributed by atoms with Gasteiger partial charge in [-0.1, -0.05) is 11.3 Å². The number of aromatic nitrogens is 2. The Balaban J connectivity index is 2.05. The molecule has 1 N–H and O–H groups in total. The summed E-state index contributed by atoms with van der Waals surface area (Å²) in [4.78, 5) is 14.2. The van der Waals surface area contributed by atoms with E-state index in [2.05, 4.69) is 29.4 Å². The molecule has 0 aliphatic carbocycles. The predicted octanol–water partition coefficient (Wildman–Crippen LogP) is 1.94. The Bertz CT molecular complexity index is 432. The fourth-order valence-electron chi connectivity index (χ4n) is 1.86. The SMILES string of the molecule is CCNc1nnc(C(=O)N2CCSC(C)(C)C2)s1. The zero-order valence-electron chi connectivity index (χ0n) is 10.9. The molecule has 7 heteroatoms. The molecule has 1 amide bonds. The Morgan fingerprint density at radius 3 is 2.94 bits per heavy atom. The van der Waals surface area contributed by atoms with Gasteiger partial charge in [-0.15, -0.1) is 10.2 Å². The molecule has 0 bridgehead atoms. The van der Waals surface area contributed by atoms with E-state index in [1.165, 1.54) is 11.3 Å². The molecule has 1 aromatic heterocycles. The van der Waals surface area contributed by atoms with Gasteiger partial charge in [-0.2, -0.15) is 11.8 Å². The number of hydrogen-bond donors (Lipinski definition) is 1. The van der Waals surface area contributed by atoms with Crippen molar-refractivity contribution in [2.45, 2.75) is 25.5 Å². The van der Waals surface area contributed by atoms with Gasteiger partial charge in [0.15, 0.2) is 0 Å². The lowest BCUT2D eigenvalue weighted by molar-refractivity contribution is 0.0747. The van der Waals surface area contributed by atoms with Crippen LogP contribution in [0.2, 0.25) is 0 Å². The van der Waals surface area contributed by atoms with Gasteiger partial charge in [-0.25, -0.2) is 0 Å². The average molecular weight is 286 g/mol. The van der Waals surface area contributed by atoms with E-state index < -0.39 is 0 Å². The average Bonchev–Trinajstić information content (AvgIpc) is 2.76. The predicted molar refractivity (Wildman–Crippen MR) is 76.5 cm³/mol. The van der Waals surface area contributed by atoms with Crippen LogP contribution in [-0.4, -0.2) is 51.1 Å². The number of carbonyl (C=O) groups is 1. The minimum Gasteiger partial charge on any atom is -0.360 e. The second-order valence-electron chi connectivity index (χ2n) is 4.78. The minimum atomic E-state index is 0.00466. The number of thioether (sulfide) groups is 1. The van der Waals surface area contributed by atoms with Gasteiger partial charge in [0.05, 0.1) is 0 Å². The van der Waals surface area contributed by atoms with E-state index in [0.29, 0.717) is 10.1 Å². The van der Waals surface area contributed by atoms with Crippen molar-refractivity contribution in [3.63, 3.8) is 0 Å². The van der Waals surface area contributed by atoms with Crippen LogP contribution in [0.4, 0.5) is 5.13 Å². The molecule has 1 aliphatic rings. The van der Waals surface area contributed by atoms with Gasteiger partial charge in [-0.3, -0.25) is 4.79 Å². The lowest BCUT2D eigenvalue weighted by Crippen LogP contribution is -2.46. The monoisotopic (exact) mass is 286 g/mol. The molecule has 2 rings (SSSR count). The third kappa shape index (κ3) is 3.14. The fraction of sp³-hybridized carbons (Fsp3) is 0.727. The molecule has 2 heterocycles. The van der Waals surface area contributed by atoms with Crippen molar-refractivity contribution in [3.05, 3.63) is 5.01 Å². The maximum absolute atomic E-state index is 12.3. The highest BCUT2D eigenvalue weighted by Gasteiger charge is 2.31. The second-order valence-corrected chi connectivity index (χ2v) is 7.56. The molecule has 1 fully saturated rings. The van der Waals surface area contributed by atoms with Crippen molar-refractivity contribution in [3.8, 4) is 0 Å². The van der Waals surface area contributed by atoms with Crippen molar-refractivity contribution in [2.24, 2.45) is 0 Å². The molecule has 100 valence electrons. The van der Waals surface area contributed by atoms with Gasteiger partial charge in [0.25, 0.3) is 5.91 Å². The summed E-state index contributed by atoms with van der Waals surface area (Å²) >= 11 is 3.24. The Morgan fingerprint density at radius 2 is 2.28 bits per heavy atom. The normalized spacial score (nSPS) is 18.7. The highest BCUT2D eigenvalue weighted by atomic mass is 32.2. The van der Waals surface area contributed by atoms with E-state index in [-0.39, 0.29) is 10.7 Å². The first kappa shape index (κ1) is 13.6. The zero-order chi connectivity index (χ0) is 13.2. The smallest absolute Gasteiger partial charge is 0.284 e. The van der Waals surface area contributed by atoms with Crippen LogP contribution in [0.3, 0.4) is 0 Å². The van der Waals surface area contributed by atoms with Crippen molar-refractivity contribution < 1.29 is 4.79 Å². The fourth-order valence-corrected chi connectivity index (χ4v) is 3.75. The van der Waals surface area contributed by atoms with Gasteiger partial charge < -0.3 is 10.2 Å². The summed E-state index contributed by atoms with van der Waals surface area (Å²) in [6.07, 6.45) is 0. The summed E-state index contributed by atoms with van der Waals surface area (Å²) in [5.41, 5.74) is 0. The molecular weight excluding hydrogens is 268 g/mol. The molecule has 18 heavy (non-hydrogen) atoms. The third-order valence-electron chi connectivity index (χ3n) is 2.65. The maximum Gasteiger partial charge on any atom is 0.284 e. The van der Waals surface area contributed by atoms with E-state index in [4.69, 9.17) is 0 Å². The van der Waals surface area contributed by atoms with Crippen LogP contribution in [0.5, 0.6) is 0 Å². The van der Waals surface area contributed by atoms with Gasteiger partial charge in [0.2, 0.25) is 10.1 Å². The number of nitrogens with zero attached hydrogens (tertiary/aromatic N) is 3. The number of anilines is 1. The van der Waals surface area contributed by atoms with E-state index in [9.17, 15) is 4.79 Å². The summed E-state index contributed by atoms with van der Waals surface area (Å²) in [6, 6.07) is 0. The third-order valence-corrected chi connectivity index (χ3v) is 4.82. The van der Waals surface area contributed by atoms with E-state index in [1.54, 1.807) is 0 Å². The van der Waals surface area contributed by atoms with Gasteiger partial charge in [0.1, 0.15) is 0 Å². The van der Waals surface area contributed by atoms with Crippen LogP contribution in [0.15, 0.2) is 0 Å². The molecular formula is C11H18N4OS2. The number of amides is 1. The first-order chi connectivity index (χ1) is 8.52. The highest BCUT2D eigenvalue weighted by molar-refractivity contribution is 8.00. The Morgan fingerprint density at radius 1 is 1.50 bits per heavy atom. The molecule has 0 atom stereocenters. The quantitative estimate of drug-likeness (QED) is 0.920. The highest BCUT2D eigenvalue weighted by Crippen LogP contribution is 2.30. The van der Waals surface area contributed by atoms with E-state index in [0.717, 1.165) is 25.4 Å². The summed E-state index contributed by atoms with van der Waals surface area (Å²) < 4.78 is 0.128. The molecule has 1 aromatic rings. The number of hydrogen-bond acceptors (Lipinski definition) is 6. The van der Waals surface area contributed by atoms with Crippen LogP contribution in [0, 0.1) is 0 Å². The number of rotatable bonds is 3. The maximum atomic E-state index is 12.3. The van der Waals surface area contributed by atoms with Crippen LogP contribution >= 0.6 is 23.1 Å². The second kappa shape index (κ2) is 5.44. The lowest BCUT2D eigenvalue weighted by Gasteiger charge is -2.37. The van der Waals surface area contributed by atoms with Gasteiger partial charge in [-0.05, 0) is 20.8 Å². The molecule has 0 aromatic carbocycles. The standard InChI is InChI=1S/C11H18N4OS2/c1-4-12-10-14-13-8(18-10)9(16)15-5-6-17-11(2,3)7-15/h4-7H2,1-3H3,(H,12,14). The van der Waals surface area contributed by atoms with Crippen LogP contribution in [0.25, 0.3) is 0 Å². The van der Waals surface area contributed by atoms with Crippen molar-refractivity contribution in [1.82, 2.24) is 15.1 Å². The summed E-state index contributed by atoms with van der Waals surface area (Å²) in [6.45, 7) is 8.68. The van der Waals surface area contributed by atoms with Crippen molar-refractivity contribution in [2.75, 3.05) is 30.7 Å².